The lowest BCUT2D eigenvalue weighted by atomic mass is 9.78. The van der Waals surface area contributed by atoms with Gasteiger partial charge in [0.1, 0.15) is 42.2 Å². The standard InChI is InChI=1S/C97H143N9O23/c1-64-19-13-12-14-20-65(2)82(115-8)57-78-29-25-70(7)97(114,129-78)92(111)95(112)105-33-16-15-24-80(105)96(113)128-84(67(4)53-71-27-30-81(108)85(55-71)117-10)58-83(116-9)66(3)52-69(6)90(110)91(118-11)88(68(5)51-64)103-127-62-77(107)22-18-35-119-37-39-121-41-43-123-45-47-125-49-50-126-48-46-124-44-42-122-40-38-120-36-32-86(109)104-34-31-73-54-72(26-28-75(73)61-104)60-106-94-87(93(98)100-63-101-94)89(102-106)76-56-74-21-17-23-79(74)99-59-76/h12-14,17,19-21,26,28,52,54,56,59,63-64,66-68,70-71,78,80-85,90-91,108,110,114H,15-16,18,22-25,27,29-51,53,55,57-58,60-62H2,1-11H3,(H2,98,100,101)/b14-12+,19-13+,65-20+,69-52+,103-88?/t64-,66-,67-,68-,70-,71+,78+,80+,81-,82+,83-,84+,85-,90-,91+,97-/m1/s1. The van der Waals surface area contributed by atoms with Gasteiger partial charge >= 0.3 is 5.97 Å². The van der Waals surface area contributed by atoms with Crippen molar-refractivity contribution in [3.05, 3.63) is 118 Å². The van der Waals surface area contributed by atoms with Gasteiger partial charge < -0.3 is 102 Å². The molecule has 4 aliphatic heterocycles. The lowest BCUT2D eigenvalue weighted by Gasteiger charge is -2.43. The van der Waals surface area contributed by atoms with Gasteiger partial charge in [0.2, 0.25) is 11.7 Å². The summed E-state index contributed by atoms with van der Waals surface area (Å²) in [5, 5.41) is 45.5. The molecule has 2 saturated heterocycles. The number of fused-ring (bicyclic) bond motifs is 6. The maximum Gasteiger partial charge on any atom is 0.329 e. The number of amides is 2. The number of oxime groups is 1. The first-order valence-corrected chi connectivity index (χ1v) is 46.4. The van der Waals surface area contributed by atoms with Gasteiger partial charge in [-0.2, -0.15) is 5.10 Å². The molecular formula is C97H143N9O23. The highest BCUT2D eigenvalue weighted by atomic mass is 16.6. The maximum atomic E-state index is 14.9. The Balaban J connectivity index is 0.585. The van der Waals surface area contributed by atoms with Crippen LogP contribution in [0.25, 0.3) is 28.4 Å². The summed E-state index contributed by atoms with van der Waals surface area (Å²) in [6, 6.07) is 7.36. The van der Waals surface area contributed by atoms with Crippen molar-refractivity contribution in [2.24, 2.45) is 40.7 Å². The quantitative estimate of drug-likeness (QED) is 0.0105. The van der Waals surface area contributed by atoms with Crippen molar-refractivity contribution in [2.75, 3.05) is 160 Å². The first-order valence-electron chi connectivity index (χ1n) is 46.4. The normalized spacial score (nSPS) is 27.9. The fourth-order valence-corrected chi connectivity index (χ4v) is 18.0. The largest absolute Gasteiger partial charge is 0.460 e. The molecule has 4 aromatic rings. The molecule has 2 bridgehead atoms. The van der Waals surface area contributed by atoms with Gasteiger partial charge in [0, 0.05) is 110 Å². The molecular weight excluding hydrogens is 1660 g/mol. The SMILES string of the molecule is CO[C@H]1C[C@@H]2CC[C@@H](C)[C@@](O)(O2)C(=O)C(=O)N2CCCC[C@H]2C(=O)O[C@H]([C@H](C)C[C@@H]2CC[C@@H](O)[C@H](OC)C2)C[C@@H](OC)[C@H](C)/C=C(\C)[C@@H](O)[C@@H](OC)C(=NOCC(=O)CCCOCCOCCOCCOCCOCCOCCOCCOCCC(=O)N2CCc3cc(Cn4nc(-c5cnc6c(c5)C=CC6)c5c(N)ncnc54)ccc3C2)[C@H](C)C[C@H](C)/C=C/C=C/C=C/1C. The zero-order valence-corrected chi connectivity index (χ0v) is 77.8. The number of anilines is 1. The molecule has 5 N–H and O–H groups in total. The Kier molecular flexibility index (Phi) is 42.9. The highest BCUT2D eigenvalue weighted by molar-refractivity contribution is 6.39. The number of benzene rings is 1. The van der Waals surface area contributed by atoms with Crippen LogP contribution in [0.5, 0.6) is 0 Å². The fourth-order valence-electron chi connectivity index (χ4n) is 18.0. The number of cyclic esters (lactones) is 1. The molecule has 2 aliphatic carbocycles. The Morgan fingerprint density at radius 3 is 2.06 bits per heavy atom. The molecule has 10 rings (SSSR count). The number of esters is 1. The zero-order valence-electron chi connectivity index (χ0n) is 77.8. The number of hydrogen-bond donors (Lipinski definition) is 4. The number of aromatic nitrogens is 5. The van der Waals surface area contributed by atoms with Gasteiger partial charge in [0.15, 0.2) is 18.0 Å². The number of aliphatic hydroxyl groups is 3. The Morgan fingerprint density at radius 1 is 0.705 bits per heavy atom. The third kappa shape index (κ3) is 30.8. The van der Waals surface area contributed by atoms with Crippen LogP contribution in [0.2, 0.25) is 0 Å². The van der Waals surface area contributed by atoms with Crippen molar-refractivity contribution in [3.63, 3.8) is 0 Å². The van der Waals surface area contributed by atoms with Gasteiger partial charge in [-0.25, -0.2) is 19.4 Å². The minimum Gasteiger partial charge on any atom is -0.460 e. The first kappa shape index (κ1) is 103. The van der Waals surface area contributed by atoms with Crippen molar-refractivity contribution in [3.8, 4) is 11.3 Å². The Bertz CT molecular complexity index is 4380. The number of allylic oxidation sites excluding steroid dienone is 6. The van der Waals surface area contributed by atoms with Crippen molar-refractivity contribution < 1.29 is 110 Å². The maximum absolute atomic E-state index is 14.9. The van der Waals surface area contributed by atoms with E-state index in [9.17, 15) is 39.3 Å². The predicted octanol–water partition coefficient (Wildman–Crippen LogP) is 10.3. The van der Waals surface area contributed by atoms with E-state index in [1.807, 2.05) is 73.9 Å². The third-order valence-electron chi connectivity index (χ3n) is 25.6. The van der Waals surface area contributed by atoms with Crippen molar-refractivity contribution in [2.45, 2.75) is 231 Å². The predicted molar refractivity (Wildman–Crippen MR) is 485 cm³/mol. The number of carbonyl (C=O) groups excluding carboxylic acids is 5. The van der Waals surface area contributed by atoms with Crippen LogP contribution in [0.1, 0.15) is 173 Å². The Morgan fingerprint density at radius 2 is 1.39 bits per heavy atom. The molecule has 0 unspecified atom stereocenters. The lowest BCUT2D eigenvalue weighted by Crippen LogP contribution is -2.61. The molecule has 7 heterocycles. The second-order valence-corrected chi connectivity index (χ2v) is 35.2. The highest BCUT2D eigenvalue weighted by Gasteiger charge is 2.53. The van der Waals surface area contributed by atoms with Gasteiger partial charge in [0.05, 0.1) is 159 Å². The first-order chi connectivity index (χ1) is 62.4. The smallest absolute Gasteiger partial charge is 0.329 e. The number of aliphatic hydroxyl groups excluding tert-OH is 2. The van der Waals surface area contributed by atoms with E-state index >= 15 is 0 Å². The molecule has 0 spiro atoms. The summed E-state index contributed by atoms with van der Waals surface area (Å²) in [5.41, 5.74) is 16.0. The van der Waals surface area contributed by atoms with E-state index in [0.29, 0.717) is 230 Å². The number of carbonyl (C=O) groups is 5. The number of Topliss-reactive ketones (excluding diaryl/α,β-unsaturated/α-hetero) is 2. The molecule has 1 saturated carbocycles. The number of piperidine rings is 1. The minimum atomic E-state index is -2.44. The topological polar surface area (TPSA) is 386 Å². The van der Waals surface area contributed by atoms with Gasteiger partial charge in [-0.05, 0) is 148 Å². The summed E-state index contributed by atoms with van der Waals surface area (Å²) in [4.78, 5) is 92.9. The van der Waals surface area contributed by atoms with E-state index in [4.69, 9.17) is 82.0 Å². The number of rotatable bonds is 41. The van der Waals surface area contributed by atoms with E-state index in [1.54, 1.807) is 35.2 Å². The second kappa shape index (κ2) is 53.6. The van der Waals surface area contributed by atoms with Gasteiger partial charge in [-0.3, -0.25) is 24.2 Å². The number of nitrogen functional groups attached to an aromatic ring is 1. The molecule has 2 amide bonds. The van der Waals surface area contributed by atoms with Crippen LogP contribution in [0.4, 0.5) is 5.82 Å². The molecule has 129 heavy (non-hydrogen) atoms. The molecule has 714 valence electrons. The zero-order chi connectivity index (χ0) is 92.2. The Labute approximate surface area is 760 Å². The molecule has 3 fully saturated rings. The van der Waals surface area contributed by atoms with Crippen LogP contribution in [-0.4, -0.2) is 299 Å². The third-order valence-corrected chi connectivity index (χ3v) is 25.6. The molecule has 32 heteroatoms. The van der Waals surface area contributed by atoms with Crippen molar-refractivity contribution in [1.82, 2.24) is 34.5 Å². The van der Waals surface area contributed by atoms with Crippen LogP contribution in [0.15, 0.2) is 95.6 Å². The second-order valence-electron chi connectivity index (χ2n) is 35.2. The summed E-state index contributed by atoms with van der Waals surface area (Å²) in [6.45, 7) is 21.1. The monoisotopic (exact) mass is 1800 g/mol. The molecule has 0 radical (unpaired) electrons. The summed E-state index contributed by atoms with van der Waals surface area (Å²) < 4.78 is 84.1. The van der Waals surface area contributed by atoms with Crippen LogP contribution < -0.4 is 5.73 Å². The average molecular weight is 1800 g/mol. The van der Waals surface area contributed by atoms with E-state index in [1.165, 1.54) is 23.9 Å². The average Bonchev–Trinajstić information content (AvgIpc) is 1.58. The number of hydrogen-bond acceptors (Lipinski definition) is 29. The van der Waals surface area contributed by atoms with E-state index < -0.39 is 78.1 Å². The molecule has 1 aromatic carbocycles. The summed E-state index contributed by atoms with van der Waals surface area (Å²) in [5.74, 6) is -6.52. The van der Waals surface area contributed by atoms with E-state index in [2.05, 4.69) is 69.5 Å². The molecule has 3 aromatic heterocycles. The number of ether oxygens (including phenoxy) is 14. The van der Waals surface area contributed by atoms with Crippen LogP contribution in [0, 0.1) is 35.5 Å². The van der Waals surface area contributed by atoms with E-state index in [0.717, 1.165) is 52.8 Å². The van der Waals surface area contributed by atoms with Gasteiger partial charge in [-0.15, -0.1) is 0 Å². The fraction of sp³-hybridized carbons (Fsp3) is 0.670. The van der Waals surface area contributed by atoms with E-state index in [-0.39, 0.29) is 79.8 Å². The number of nitrogens with zero attached hydrogens (tertiary/aromatic N) is 8. The summed E-state index contributed by atoms with van der Waals surface area (Å²) in [7, 11) is 6.27. The van der Waals surface area contributed by atoms with Gasteiger partial charge in [-0.1, -0.05) is 107 Å². The molecule has 16 atom stereocenters. The number of pyridine rings is 1. The molecule has 32 nitrogen and oxygen atoms in total. The van der Waals surface area contributed by atoms with Crippen molar-refractivity contribution in [1.29, 1.82) is 0 Å². The van der Waals surface area contributed by atoms with Crippen LogP contribution in [0.3, 0.4) is 0 Å². The lowest BCUT2D eigenvalue weighted by molar-refractivity contribution is -0.265. The number of methoxy groups -OCH3 is 4. The molecule has 6 aliphatic rings. The minimum absolute atomic E-state index is 0.00466. The summed E-state index contributed by atoms with van der Waals surface area (Å²) in [6.07, 6.45) is 22.0. The number of ketones is 2. The van der Waals surface area contributed by atoms with Crippen LogP contribution in [-0.2, 0) is 121 Å². The Hall–Kier alpha value is -8.00. The van der Waals surface area contributed by atoms with Gasteiger partial charge in [0.25, 0.3) is 11.7 Å². The number of nitrogens with two attached hydrogens (primary N) is 1. The van der Waals surface area contributed by atoms with Crippen LogP contribution >= 0.6 is 0 Å². The van der Waals surface area contributed by atoms with Crippen molar-refractivity contribution >= 4 is 58.0 Å². The summed E-state index contributed by atoms with van der Waals surface area (Å²) >= 11 is 0. The highest BCUT2D eigenvalue weighted by Crippen LogP contribution is 2.40.